The largest absolute Gasteiger partial charge is 0.497 e. The molecule has 0 aliphatic heterocycles. The van der Waals surface area contributed by atoms with Crippen molar-refractivity contribution in [3.63, 3.8) is 0 Å². The van der Waals surface area contributed by atoms with Gasteiger partial charge in [0.2, 0.25) is 0 Å². The van der Waals surface area contributed by atoms with Crippen LogP contribution in [-0.2, 0) is 32.0 Å². The lowest BCUT2D eigenvalue weighted by Gasteiger charge is -2.40. The van der Waals surface area contributed by atoms with Crippen molar-refractivity contribution in [2.45, 2.75) is 197 Å². The van der Waals surface area contributed by atoms with Gasteiger partial charge >= 0.3 is 0 Å². The average molecular weight is 945 g/mol. The lowest BCUT2D eigenvalue weighted by Crippen LogP contribution is -2.41. The van der Waals surface area contributed by atoms with Crippen LogP contribution in [0.3, 0.4) is 0 Å². The highest BCUT2D eigenvalue weighted by atomic mass is 16.5. The molecular weight excluding hydrogens is 857 g/mol. The third-order valence-electron chi connectivity index (χ3n) is 15.6. The van der Waals surface area contributed by atoms with Crippen LogP contribution in [0.5, 0.6) is 23.0 Å². The number of hydrogen-bond donors (Lipinski definition) is 2. The average Bonchev–Trinajstić information content (AvgIpc) is 3.71. The zero-order valence-corrected chi connectivity index (χ0v) is 44.9. The summed E-state index contributed by atoms with van der Waals surface area (Å²) in [6.45, 7) is 23.2. The molecule has 0 radical (unpaired) electrons. The van der Waals surface area contributed by atoms with Gasteiger partial charge in [-0.2, -0.15) is 0 Å². The van der Waals surface area contributed by atoms with Gasteiger partial charge in [-0.1, -0.05) is 63.8 Å². The van der Waals surface area contributed by atoms with Gasteiger partial charge in [0.25, 0.3) is 0 Å². The minimum Gasteiger partial charge on any atom is -0.497 e. The number of rotatable bonds is 24. The summed E-state index contributed by atoms with van der Waals surface area (Å²) >= 11 is 0. The van der Waals surface area contributed by atoms with E-state index in [-0.39, 0.29) is 34.0 Å². The number of hydrogen-bond acceptors (Lipinski definition) is 10. The molecule has 0 aromatic heterocycles. The minimum atomic E-state index is -0.858. The van der Waals surface area contributed by atoms with Gasteiger partial charge in [0.15, 0.2) is 0 Å². The summed E-state index contributed by atoms with van der Waals surface area (Å²) < 4.78 is 21.9. The number of benzene rings is 2. The first-order valence-electron chi connectivity index (χ1n) is 24.8. The molecule has 10 nitrogen and oxygen atoms in total. The fourth-order valence-electron chi connectivity index (χ4n) is 10.8. The number of allylic oxidation sites excluding steroid dienone is 4. The Morgan fingerprint density at radius 1 is 0.574 bits per heavy atom. The molecule has 2 aromatic rings. The van der Waals surface area contributed by atoms with Crippen LogP contribution in [-0.4, -0.2) is 73.0 Å². The maximum atomic E-state index is 13.2. The van der Waals surface area contributed by atoms with Gasteiger partial charge in [-0.25, -0.2) is 0 Å². The number of aliphatic hydroxyl groups is 2. The van der Waals surface area contributed by atoms with Gasteiger partial charge in [0, 0.05) is 60.5 Å². The fourth-order valence-corrected chi connectivity index (χ4v) is 10.8. The van der Waals surface area contributed by atoms with E-state index in [1.54, 1.807) is 56.1 Å². The summed E-state index contributed by atoms with van der Waals surface area (Å²) in [4.78, 5) is 52.5. The first kappa shape index (κ1) is 58.0. The predicted octanol–water partition coefficient (Wildman–Crippen LogP) is 12.3. The van der Waals surface area contributed by atoms with E-state index in [2.05, 4.69) is 26.0 Å². The standard InChI is InChI=1S/2C29H44O5/c2*1-20(10-11-22-18-24(33-7)17-21(2)26(22)34-8)16-23(30)19-28(5)13-9-14-29(28,6)25(31)12-15-27(3,4)32/h2*10,17-18,32H,9,11-16,19H2,1-8H3/b2*20-10+/t2*28-,29+/m11/s1. The van der Waals surface area contributed by atoms with E-state index >= 15 is 0 Å². The molecule has 2 aromatic carbocycles. The topological polar surface area (TPSA) is 146 Å². The SMILES string of the molecule is COc1cc(C)c(OC)c(C/C=C(\C)CC(=O)C[C@@]2(C)CCC[C@@]2(C)C(=O)CCC(C)(C)O)c1.COc1cc(C)c(OC)c(C/C=C(\C)CC(=O)C[C@@]2(C)CCC[C@@]2(C)C(=O)CCC(C)(C)O)c1. The lowest BCUT2D eigenvalue weighted by atomic mass is 9.62. The molecule has 4 rings (SSSR count). The first-order valence-corrected chi connectivity index (χ1v) is 24.8. The Labute approximate surface area is 410 Å². The molecule has 380 valence electrons. The quantitative estimate of drug-likeness (QED) is 0.0975. The Morgan fingerprint density at radius 2 is 0.912 bits per heavy atom. The third-order valence-corrected chi connectivity index (χ3v) is 15.6. The van der Waals surface area contributed by atoms with Gasteiger partial charge in [-0.05, 0) is 153 Å². The normalized spacial score (nSPS) is 23.1. The highest BCUT2D eigenvalue weighted by Gasteiger charge is 2.54. The van der Waals surface area contributed by atoms with Crippen LogP contribution in [0.4, 0.5) is 0 Å². The molecule has 0 heterocycles. The van der Waals surface area contributed by atoms with Crippen LogP contribution in [0.2, 0.25) is 0 Å². The van der Waals surface area contributed by atoms with Crippen LogP contribution in [0, 0.1) is 35.5 Å². The molecule has 0 amide bonds. The number of methoxy groups -OCH3 is 4. The Morgan fingerprint density at radius 3 is 1.21 bits per heavy atom. The number of Topliss-reactive ketones (excluding diaryl/α,β-unsaturated/α-hetero) is 4. The number of ketones is 4. The van der Waals surface area contributed by atoms with Crippen molar-refractivity contribution in [1.82, 2.24) is 0 Å². The fraction of sp³-hybridized carbons (Fsp3) is 0.655. The summed E-state index contributed by atoms with van der Waals surface area (Å²) in [5.74, 6) is 3.97. The van der Waals surface area contributed by atoms with E-state index in [9.17, 15) is 29.4 Å². The first-order chi connectivity index (χ1) is 31.5. The molecule has 2 aliphatic carbocycles. The summed E-state index contributed by atoms with van der Waals surface area (Å²) in [5.41, 5.74) is 2.69. The maximum absolute atomic E-state index is 13.2. The van der Waals surface area contributed by atoms with Crippen LogP contribution >= 0.6 is 0 Å². The second-order valence-electron chi connectivity index (χ2n) is 22.5. The predicted molar refractivity (Wildman–Crippen MR) is 273 cm³/mol. The van der Waals surface area contributed by atoms with Crippen molar-refractivity contribution in [3.05, 3.63) is 69.8 Å². The number of carbonyl (C=O) groups excluding carboxylic acids is 4. The number of aryl methyl sites for hydroxylation is 2. The maximum Gasteiger partial charge on any atom is 0.139 e. The Kier molecular flexibility index (Phi) is 20.5. The van der Waals surface area contributed by atoms with Crippen molar-refractivity contribution in [2.75, 3.05) is 28.4 Å². The molecular formula is C58H88O10. The molecule has 2 fully saturated rings. The summed E-state index contributed by atoms with van der Waals surface area (Å²) in [7, 11) is 6.64. The summed E-state index contributed by atoms with van der Waals surface area (Å²) in [5, 5.41) is 20.1. The van der Waals surface area contributed by atoms with Gasteiger partial charge < -0.3 is 29.2 Å². The highest BCUT2D eigenvalue weighted by Crippen LogP contribution is 2.57. The third kappa shape index (κ3) is 15.4. The minimum absolute atomic E-state index is 0.174. The van der Waals surface area contributed by atoms with Crippen LogP contribution in [0.15, 0.2) is 47.6 Å². The van der Waals surface area contributed by atoms with E-state index in [1.807, 2.05) is 65.8 Å². The molecule has 2 N–H and O–H groups in total. The summed E-state index contributed by atoms with van der Waals surface area (Å²) in [6.07, 6.45) is 14.0. The Balaban J connectivity index is 0.000000360. The van der Waals surface area contributed by atoms with Gasteiger partial charge in [-0.15, -0.1) is 0 Å². The van der Waals surface area contributed by atoms with Crippen molar-refractivity contribution in [2.24, 2.45) is 21.7 Å². The van der Waals surface area contributed by atoms with Crippen molar-refractivity contribution < 1.29 is 48.3 Å². The molecule has 0 bridgehead atoms. The van der Waals surface area contributed by atoms with E-state index in [0.717, 1.165) is 94.9 Å². The zero-order chi connectivity index (χ0) is 51.5. The van der Waals surface area contributed by atoms with Gasteiger partial charge in [0.05, 0.1) is 39.6 Å². The molecule has 0 spiro atoms. The molecule has 10 heteroatoms. The molecule has 0 unspecified atom stereocenters. The highest BCUT2D eigenvalue weighted by molar-refractivity contribution is 5.89. The van der Waals surface area contributed by atoms with Crippen LogP contribution < -0.4 is 18.9 Å². The molecule has 68 heavy (non-hydrogen) atoms. The monoisotopic (exact) mass is 945 g/mol. The van der Waals surface area contributed by atoms with Gasteiger partial charge in [0.1, 0.15) is 46.1 Å². The Bertz CT molecular complexity index is 2000. The second-order valence-corrected chi connectivity index (χ2v) is 22.5. The molecule has 4 atom stereocenters. The molecule has 0 saturated heterocycles. The van der Waals surface area contributed by atoms with Crippen LogP contribution in [0.25, 0.3) is 0 Å². The number of carbonyl (C=O) groups is 4. The van der Waals surface area contributed by atoms with Crippen molar-refractivity contribution in [3.8, 4) is 23.0 Å². The van der Waals surface area contributed by atoms with Crippen LogP contribution in [0.1, 0.15) is 181 Å². The summed E-state index contributed by atoms with van der Waals surface area (Å²) in [6, 6.07) is 7.85. The smallest absolute Gasteiger partial charge is 0.139 e. The van der Waals surface area contributed by atoms with Crippen molar-refractivity contribution >= 4 is 23.1 Å². The van der Waals surface area contributed by atoms with E-state index in [4.69, 9.17) is 18.9 Å². The van der Waals surface area contributed by atoms with Gasteiger partial charge in [-0.3, -0.25) is 19.2 Å². The lowest BCUT2D eigenvalue weighted by molar-refractivity contribution is -0.137. The van der Waals surface area contributed by atoms with E-state index in [1.165, 1.54) is 0 Å². The van der Waals surface area contributed by atoms with E-state index in [0.29, 0.717) is 64.2 Å². The van der Waals surface area contributed by atoms with Crippen molar-refractivity contribution in [1.29, 1.82) is 0 Å². The Hall–Kier alpha value is -4.28. The number of ether oxygens (including phenoxy) is 4. The molecule has 2 aliphatic rings. The second kappa shape index (κ2) is 24.0. The van der Waals surface area contributed by atoms with E-state index < -0.39 is 22.0 Å². The zero-order valence-electron chi connectivity index (χ0n) is 44.9. The molecule has 2 saturated carbocycles.